The maximum atomic E-state index is 11.4. The second-order valence-electron chi connectivity index (χ2n) is 6.12. The zero-order valence-corrected chi connectivity index (χ0v) is 12.4. The Balaban J connectivity index is 1.67. The summed E-state index contributed by atoms with van der Waals surface area (Å²) >= 11 is 0. The third-order valence-corrected chi connectivity index (χ3v) is 3.15. The van der Waals surface area contributed by atoms with Crippen LogP contribution in [0.4, 0.5) is 4.79 Å². The average Bonchev–Trinajstić information content (AvgIpc) is 2.61. The third-order valence-electron chi connectivity index (χ3n) is 3.15. The predicted octanol–water partition coefficient (Wildman–Crippen LogP) is -0.627. The van der Waals surface area contributed by atoms with Crippen molar-refractivity contribution in [2.24, 2.45) is 0 Å². The number of fused-ring (bicyclic) bond motifs is 2. The number of nitrogens with one attached hydrogen (secondary N) is 1. The highest BCUT2D eigenvalue weighted by Crippen LogP contribution is 2.29. The van der Waals surface area contributed by atoms with E-state index in [0.29, 0.717) is 0 Å². The highest BCUT2D eigenvalue weighted by atomic mass is 16.7. The van der Waals surface area contributed by atoms with Crippen molar-refractivity contribution in [2.45, 2.75) is 57.1 Å². The standard InChI is InChI=1S/C13H23NO7/c1-13(2,3)21-12(17)14-4-5-18-11-9(16)10-8(15)7(20-11)6-19-10/h7-11,15-16H,4-6H2,1-3H3,(H,14,17)/t7-,8+,9-,10+,11-/m1/s1. The molecule has 0 aromatic rings. The van der Waals surface area contributed by atoms with Gasteiger partial charge in [0.15, 0.2) is 6.29 Å². The monoisotopic (exact) mass is 305 g/mol. The Hall–Kier alpha value is -0.930. The zero-order valence-electron chi connectivity index (χ0n) is 12.4. The molecule has 122 valence electrons. The quantitative estimate of drug-likeness (QED) is 0.594. The first-order chi connectivity index (χ1) is 9.78. The summed E-state index contributed by atoms with van der Waals surface area (Å²) in [5.41, 5.74) is -0.555. The second kappa shape index (κ2) is 6.45. The van der Waals surface area contributed by atoms with E-state index >= 15 is 0 Å². The molecule has 0 aromatic heterocycles. The number of rotatable bonds is 4. The van der Waals surface area contributed by atoms with Gasteiger partial charge in [0, 0.05) is 6.54 Å². The van der Waals surface area contributed by atoms with Gasteiger partial charge in [0.05, 0.1) is 13.2 Å². The van der Waals surface area contributed by atoms with Gasteiger partial charge in [0.2, 0.25) is 0 Å². The molecule has 2 aliphatic heterocycles. The van der Waals surface area contributed by atoms with E-state index in [1.165, 1.54) is 0 Å². The molecule has 0 unspecified atom stereocenters. The maximum Gasteiger partial charge on any atom is 0.407 e. The Kier molecular flexibility index (Phi) is 5.05. The number of hydrogen-bond acceptors (Lipinski definition) is 7. The smallest absolute Gasteiger partial charge is 0.407 e. The van der Waals surface area contributed by atoms with Crippen LogP contribution < -0.4 is 5.32 Å². The van der Waals surface area contributed by atoms with E-state index < -0.39 is 42.4 Å². The van der Waals surface area contributed by atoms with Crippen molar-refractivity contribution in [1.82, 2.24) is 5.32 Å². The third kappa shape index (κ3) is 4.27. The van der Waals surface area contributed by atoms with Crippen molar-refractivity contribution in [1.29, 1.82) is 0 Å². The number of carbonyl (C=O) groups excluding carboxylic acids is 1. The van der Waals surface area contributed by atoms with Gasteiger partial charge in [-0.1, -0.05) is 0 Å². The molecule has 2 rings (SSSR count). The number of alkyl carbamates (subject to hydrolysis) is 1. The van der Waals surface area contributed by atoms with Gasteiger partial charge in [0.1, 0.15) is 30.0 Å². The highest BCUT2D eigenvalue weighted by Gasteiger charge is 2.50. The van der Waals surface area contributed by atoms with Crippen LogP contribution >= 0.6 is 0 Å². The molecule has 0 aliphatic carbocycles. The van der Waals surface area contributed by atoms with Crippen LogP contribution in [-0.4, -0.2) is 72.4 Å². The van der Waals surface area contributed by atoms with Crippen LogP contribution in [0.1, 0.15) is 20.8 Å². The van der Waals surface area contributed by atoms with E-state index in [9.17, 15) is 15.0 Å². The summed E-state index contributed by atoms with van der Waals surface area (Å²) in [5.74, 6) is 0. The van der Waals surface area contributed by atoms with Crippen molar-refractivity contribution in [2.75, 3.05) is 19.8 Å². The molecule has 5 atom stereocenters. The van der Waals surface area contributed by atoms with Crippen LogP contribution in [0, 0.1) is 0 Å². The number of amides is 1. The number of hydrogen-bond donors (Lipinski definition) is 3. The lowest BCUT2D eigenvalue weighted by molar-refractivity contribution is -0.261. The SMILES string of the molecule is CC(C)(C)OC(=O)NCCO[C@@H]1O[C@@H]2CO[C@@H]([C@H]2O)[C@H]1O. The van der Waals surface area contributed by atoms with E-state index in [1.54, 1.807) is 20.8 Å². The molecule has 1 amide bonds. The average molecular weight is 305 g/mol. The summed E-state index contributed by atoms with van der Waals surface area (Å²) in [6, 6.07) is 0. The molecule has 2 aliphatic rings. The maximum absolute atomic E-state index is 11.4. The molecule has 8 nitrogen and oxygen atoms in total. The van der Waals surface area contributed by atoms with Crippen LogP contribution in [0.3, 0.4) is 0 Å². The molecular formula is C13H23NO7. The summed E-state index contributed by atoms with van der Waals surface area (Å²) in [6.07, 6.45) is -4.46. The normalized spacial score (nSPS) is 35.6. The summed E-state index contributed by atoms with van der Waals surface area (Å²) in [7, 11) is 0. The molecule has 0 aromatic carbocycles. The second-order valence-corrected chi connectivity index (χ2v) is 6.12. The Morgan fingerprint density at radius 1 is 1.33 bits per heavy atom. The minimum atomic E-state index is -1.06. The summed E-state index contributed by atoms with van der Waals surface area (Å²) < 4.78 is 21.1. The van der Waals surface area contributed by atoms with Crippen molar-refractivity contribution >= 4 is 6.09 Å². The summed E-state index contributed by atoms with van der Waals surface area (Å²) in [5, 5.41) is 22.2. The van der Waals surface area contributed by atoms with Gasteiger partial charge in [0.25, 0.3) is 0 Å². The number of carbonyl (C=O) groups is 1. The molecule has 2 bridgehead atoms. The molecule has 21 heavy (non-hydrogen) atoms. The molecule has 0 spiro atoms. The van der Waals surface area contributed by atoms with Gasteiger partial charge in [-0.15, -0.1) is 0 Å². The molecule has 2 heterocycles. The number of aliphatic hydroxyl groups excluding tert-OH is 2. The molecule has 0 radical (unpaired) electrons. The summed E-state index contributed by atoms with van der Waals surface area (Å²) in [6.45, 7) is 5.93. The fourth-order valence-corrected chi connectivity index (χ4v) is 2.22. The molecule has 8 heteroatoms. The van der Waals surface area contributed by atoms with Gasteiger partial charge in [-0.2, -0.15) is 0 Å². The Morgan fingerprint density at radius 3 is 2.71 bits per heavy atom. The van der Waals surface area contributed by atoms with E-state index in [4.69, 9.17) is 18.9 Å². The van der Waals surface area contributed by atoms with Crippen LogP contribution in [-0.2, 0) is 18.9 Å². The topological polar surface area (TPSA) is 106 Å². The van der Waals surface area contributed by atoms with Gasteiger partial charge in [-0.3, -0.25) is 0 Å². The first-order valence-corrected chi connectivity index (χ1v) is 6.99. The lowest BCUT2D eigenvalue weighted by atomic mass is 10.0. The lowest BCUT2D eigenvalue weighted by Crippen LogP contribution is -2.54. The first kappa shape index (κ1) is 16.4. The molecule has 2 fully saturated rings. The molecule has 2 saturated heterocycles. The molecular weight excluding hydrogens is 282 g/mol. The van der Waals surface area contributed by atoms with Gasteiger partial charge < -0.3 is 34.5 Å². The Labute approximate surface area is 123 Å². The van der Waals surface area contributed by atoms with Crippen molar-refractivity contribution in [3.05, 3.63) is 0 Å². The fraction of sp³-hybridized carbons (Fsp3) is 0.923. The van der Waals surface area contributed by atoms with E-state index in [1.807, 2.05) is 0 Å². The fourth-order valence-electron chi connectivity index (χ4n) is 2.22. The van der Waals surface area contributed by atoms with E-state index in [0.717, 1.165) is 0 Å². The van der Waals surface area contributed by atoms with E-state index in [2.05, 4.69) is 5.32 Å². The number of aliphatic hydroxyl groups is 2. The minimum absolute atomic E-state index is 0.149. The van der Waals surface area contributed by atoms with Crippen LogP contribution in [0.25, 0.3) is 0 Å². The summed E-state index contributed by atoms with van der Waals surface area (Å²) in [4.78, 5) is 11.4. The molecule has 3 N–H and O–H groups in total. The van der Waals surface area contributed by atoms with E-state index in [-0.39, 0.29) is 19.8 Å². The van der Waals surface area contributed by atoms with Crippen molar-refractivity contribution < 1.29 is 34.0 Å². The van der Waals surface area contributed by atoms with Crippen LogP contribution in [0.2, 0.25) is 0 Å². The lowest BCUT2D eigenvalue weighted by Gasteiger charge is -2.34. The zero-order chi connectivity index (χ0) is 15.6. The number of ether oxygens (including phenoxy) is 4. The Bertz CT molecular complexity index is 370. The first-order valence-electron chi connectivity index (χ1n) is 6.99. The van der Waals surface area contributed by atoms with Gasteiger partial charge in [-0.25, -0.2) is 4.79 Å². The molecule has 0 saturated carbocycles. The van der Waals surface area contributed by atoms with Crippen molar-refractivity contribution in [3.8, 4) is 0 Å². The minimum Gasteiger partial charge on any atom is -0.444 e. The van der Waals surface area contributed by atoms with Crippen LogP contribution in [0.15, 0.2) is 0 Å². The van der Waals surface area contributed by atoms with Crippen molar-refractivity contribution in [3.63, 3.8) is 0 Å². The highest BCUT2D eigenvalue weighted by molar-refractivity contribution is 5.67. The largest absolute Gasteiger partial charge is 0.444 e. The van der Waals surface area contributed by atoms with Crippen LogP contribution in [0.5, 0.6) is 0 Å². The van der Waals surface area contributed by atoms with Gasteiger partial charge >= 0.3 is 6.09 Å². The Morgan fingerprint density at radius 2 is 2.05 bits per heavy atom. The predicted molar refractivity (Wildman–Crippen MR) is 70.6 cm³/mol. The van der Waals surface area contributed by atoms with Gasteiger partial charge in [-0.05, 0) is 20.8 Å².